The maximum absolute atomic E-state index is 13.2. The number of nitrogens with zero attached hydrogens (tertiary/aromatic N) is 1. The lowest BCUT2D eigenvalue weighted by atomic mass is 9.95. The van der Waals surface area contributed by atoms with Gasteiger partial charge in [0, 0.05) is 23.4 Å². The van der Waals surface area contributed by atoms with Crippen molar-refractivity contribution in [2.24, 2.45) is 0 Å². The number of hydrogen-bond donors (Lipinski definition) is 1. The molecule has 1 aliphatic rings. The molecule has 0 spiro atoms. The third kappa shape index (κ3) is 7.56. The first-order valence-corrected chi connectivity index (χ1v) is 12.9. The van der Waals surface area contributed by atoms with E-state index in [4.69, 9.17) is 11.6 Å². The van der Waals surface area contributed by atoms with E-state index in [0.29, 0.717) is 17.3 Å². The molecule has 2 aromatic carbocycles. The molecule has 0 aromatic heterocycles. The van der Waals surface area contributed by atoms with Crippen LogP contribution in [0.2, 0.25) is 5.02 Å². The molecule has 2 aromatic rings. The van der Waals surface area contributed by atoms with Crippen molar-refractivity contribution < 1.29 is 9.59 Å². The third-order valence-electron chi connectivity index (χ3n) is 5.94. The summed E-state index contributed by atoms with van der Waals surface area (Å²) in [5.41, 5.74) is 3.34. The van der Waals surface area contributed by atoms with Crippen LogP contribution in [0, 0.1) is 6.92 Å². The van der Waals surface area contributed by atoms with Crippen LogP contribution in [0.5, 0.6) is 0 Å². The molecule has 0 aliphatic heterocycles. The first-order valence-electron chi connectivity index (χ1n) is 11.4. The van der Waals surface area contributed by atoms with E-state index >= 15 is 0 Å². The zero-order valence-corrected chi connectivity index (χ0v) is 20.6. The molecule has 172 valence electrons. The molecular formula is C26H33ClN2O2S. The molecule has 4 nitrogen and oxygen atoms in total. The van der Waals surface area contributed by atoms with Gasteiger partial charge in [-0.2, -0.15) is 0 Å². The van der Waals surface area contributed by atoms with E-state index in [1.54, 1.807) is 16.7 Å². The summed E-state index contributed by atoms with van der Waals surface area (Å²) >= 11 is 7.74. The highest BCUT2D eigenvalue weighted by Crippen LogP contribution is 2.20. The molecule has 0 radical (unpaired) electrons. The van der Waals surface area contributed by atoms with Crippen LogP contribution in [0.4, 0.5) is 0 Å². The second-order valence-electron chi connectivity index (χ2n) is 8.65. The molecule has 0 saturated heterocycles. The Morgan fingerprint density at radius 1 is 1.09 bits per heavy atom. The molecule has 32 heavy (non-hydrogen) atoms. The summed E-state index contributed by atoms with van der Waals surface area (Å²) in [4.78, 5) is 27.9. The van der Waals surface area contributed by atoms with Crippen molar-refractivity contribution >= 4 is 35.2 Å². The minimum atomic E-state index is -0.539. The Morgan fingerprint density at radius 3 is 2.53 bits per heavy atom. The van der Waals surface area contributed by atoms with E-state index in [0.717, 1.165) is 37.0 Å². The van der Waals surface area contributed by atoms with Gasteiger partial charge in [0.1, 0.15) is 6.04 Å². The minimum Gasteiger partial charge on any atom is -0.352 e. The Hall–Kier alpha value is -1.98. The smallest absolute Gasteiger partial charge is 0.242 e. The maximum Gasteiger partial charge on any atom is 0.242 e. The Bertz CT molecular complexity index is 914. The van der Waals surface area contributed by atoms with Crippen LogP contribution < -0.4 is 5.32 Å². The number of halogens is 1. The summed E-state index contributed by atoms with van der Waals surface area (Å²) in [5.74, 6) is 0.987. The summed E-state index contributed by atoms with van der Waals surface area (Å²) < 4.78 is 0. The lowest BCUT2D eigenvalue weighted by Crippen LogP contribution is -2.50. The standard InChI is InChI=1S/C26H33ClN2O2S/c1-19-8-6-10-22(14-19)17-32-18-25(30)29(16-21-9-7-11-23(27)15-21)20(2)26(31)28-24-12-4-3-5-13-24/h6-11,14-15,20,24H,3-5,12-13,16-18H2,1-2H3,(H,28,31)/t20-/m0/s1. The molecule has 0 bridgehead atoms. The van der Waals surface area contributed by atoms with Gasteiger partial charge in [0.05, 0.1) is 5.75 Å². The zero-order valence-electron chi connectivity index (χ0n) is 19.0. The molecule has 1 aliphatic carbocycles. The van der Waals surface area contributed by atoms with Crippen LogP contribution >= 0.6 is 23.4 Å². The average molecular weight is 473 g/mol. The Balaban J connectivity index is 1.65. The van der Waals surface area contributed by atoms with Crippen molar-refractivity contribution in [3.63, 3.8) is 0 Å². The largest absolute Gasteiger partial charge is 0.352 e. The fourth-order valence-electron chi connectivity index (χ4n) is 4.12. The van der Waals surface area contributed by atoms with Crippen molar-refractivity contribution in [1.82, 2.24) is 10.2 Å². The number of benzene rings is 2. The third-order valence-corrected chi connectivity index (χ3v) is 7.16. The van der Waals surface area contributed by atoms with Crippen LogP contribution in [0.3, 0.4) is 0 Å². The summed E-state index contributed by atoms with van der Waals surface area (Å²) in [6, 6.07) is 15.5. The van der Waals surface area contributed by atoms with E-state index in [-0.39, 0.29) is 17.9 Å². The number of rotatable bonds is 9. The minimum absolute atomic E-state index is 0.0334. The molecule has 0 heterocycles. The summed E-state index contributed by atoms with van der Waals surface area (Å²) in [7, 11) is 0. The molecule has 1 N–H and O–H groups in total. The average Bonchev–Trinajstić information content (AvgIpc) is 2.77. The normalized spacial score (nSPS) is 15.2. The monoisotopic (exact) mass is 472 g/mol. The van der Waals surface area contributed by atoms with E-state index < -0.39 is 6.04 Å². The molecule has 1 fully saturated rings. The van der Waals surface area contributed by atoms with Gasteiger partial charge >= 0.3 is 0 Å². The van der Waals surface area contributed by atoms with Crippen LogP contribution in [0.25, 0.3) is 0 Å². The highest BCUT2D eigenvalue weighted by Gasteiger charge is 2.28. The van der Waals surface area contributed by atoms with Crippen LogP contribution in [-0.2, 0) is 21.9 Å². The number of carbonyl (C=O) groups is 2. The molecule has 2 amide bonds. The Labute approximate surface area is 201 Å². The highest BCUT2D eigenvalue weighted by atomic mass is 35.5. The SMILES string of the molecule is Cc1cccc(CSCC(=O)N(Cc2cccc(Cl)c2)[C@@H](C)C(=O)NC2CCCCC2)c1. The molecule has 1 atom stereocenters. The van der Waals surface area contributed by atoms with Gasteiger partial charge in [-0.15, -0.1) is 11.8 Å². The predicted molar refractivity (Wildman–Crippen MR) is 134 cm³/mol. The van der Waals surface area contributed by atoms with E-state index in [9.17, 15) is 9.59 Å². The van der Waals surface area contributed by atoms with E-state index in [1.165, 1.54) is 17.5 Å². The van der Waals surface area contributed by atoms with Gasteiger partial charge in [-0.05, 0) is 49.9 Å². The zero-order chi connectivity index (χ0) is 22.9. The molecule has 1 saturated carbocycles. The number of nitrogens with one attached hydrogen (secondary N) is 1. The van der Waals surface area contributed by atoms with Crippen molar-refractivity contribution in [2.45, 2.75) is 70.3 Å². The summed E-state index contributed by atoms with van der Waals surface area (Å²) in [5, 5.41) is 3.80. The molecule has 0 unspecified atom stereocenters. The fraction of sp³-hybridized carbons (Fsp3) is 0.462. The van der Waals surface area contributed by atoms with Crippen LogP contribution in [0.15, 0.2) is 48.5 Å². The fourth-order valence-corrected chi connectivity index (χ4v) is 5.20. The van der Waals surface area contributed by atoms with Gasteiger partial charge in [0.15, 0.2) is 0 Å². The van der Waals surface area contributed by atoms with Crippen LogP contribution in [0.1, 0.15) is 55.7 Å². The molecule has 6 heteroatoms. The number of thioether (sulfide) groups is 1. The van der Waals surface area contributed by atoms with Crippen molar-refractivity contribution in [3.05, 3.63) is 70.2 Å². The highest BCUT2D eigenvalue weighted by molar-refractivity contribution is 7.99. The Morgan fingerprint density at radius 2 is 1.81 bits per heavy atom. The number of carbonyl (C=O) groups excluding carboxylic acids is 2. The first-order chi connectivity index (χ1) is 15.4. The van der Waals surface area contributed by atoms with Gasteiger partial charge < -0.3 is 10.2 Å². The van der Waals surface area contributed by atoms with Gasteiger partial charge in [0.2, 0.25) is 11.8 Å². The van der Waals surface area contributed by atoms with Crippen LogP contribution in [-0.4, -0.2) is 34.6 Å². The van der Waals surface area contributed by atoms with Crippen molar-refractivity contribution in [1.29, 1.82) is 0 Å². The second-order valence-corrected chi connectivity index (χ2v) is 10.1. The Kier molecular flexibility index (Phi) is 9.49. The van der Waals surface area contributed by atoms with Crippen molar-refractivity contribution in [3.8, 4) is 0 Å². The quantitative estimate of drug-likeness (QED) is 0.505. The number of hydrogen-bond acceptors (Lipinski definition) is 3. The first kappa shape index (κ1) is 24.7. The molecule has 3 rings (SSSR count). The van der Waals surface area contributed by atoms with E-state index in [2.05, 4.69) is 30.4 Å². The summed E-state index contributed by atoms with van der Waals surface area (Å²) in [6.45, 7) is 4.26. The molecular weight excluding hydrogens is 440 g/mol. The van der Waals surface area contributed by atoms with Crippen molar-refractivity contribution in [2.75, 3.05) is 5.75 Å². The lowest BCUT2D eigenvalue weighted by molar-refractivity contribution is -0.139. The van der Waals surface area contributed by atoms with Gasteiger partial charge in [0.25, 0.3) is 0 Å². The van der Waals surface area contributed by atoms with E-state index in [1.807, 2.05) is 37.3 Å². The summed E-state index contributed by atoms with van der Waals surface area (Å²) in [6.07, 6.45) is 5.58. The van der Waals surface area contributed by atoms with Gasteiger partial charge in [-0.25, -0.2) is 0 Å². The maximum atomic E-state index is 13.2. The predicted octanol–water partition coefficient (Wildman–Crippen LogP) is 5.75. The van der Waals surface area contributed by atoms with Gasteiger partial charge in [-0.3, -0.25) is 9.59 Å². The number of aryl methyl sites for hydroxylation is 1. The number of amides is 2. The second kappa shape index (κ2) is 12.3. The van der Waals surface area contributed by atoms with Gasteiger partial charge in [-0.1, -0.05) is 72.8 Å². The lowest BCUT2D eigenvalue weighted by Gasteiger charge is -2.31. The topological polar surface area (TPSA) is 49.4 Å².